The zero-order valence-electron chi connectivity index (χ0n) is 7.34. The van der Waals surface area contributed by atoms with Crippen molar-refractivity contribution in [2.75, 3.05) is 7.05 Å². The first-order valence-corrected chi connectivity index (χ1v) is 6.35. The second kappa shape index (κ2) is 3.41. The summed E-state index contributed by atoms with van der Waals surface area (Å²) >= 11 is 0. The van der Waals surface area contributed by atoms with Gasteiger partial charge in [0.25, 0.3) is 0 Å². The molecule has 2 heterocycles. The second-order valence-electron chi connectivity index (χ2n) is 3.80. The summed E-state index contributed by atoms with van der Waals surface area (Å²) in [5, 5.41) is 3.57. The zero-order valence-corrected chi connectivity index (χ0v) is 8.24. The van der Waals surface area contributed by atoms with Crippen molar-refractivity contribution < 1.29 is 0 Å². The smallest absolute Gasteiger partial charge is 0.00759 e. The topological polar surface area (TPSA) is 12.0 Å². The van der Waals surface area contributed by atoms with Gasteiger partial charge in [0.1, 0.15) is 0 Å². The monoisotopic (exact) mass is 171 g/mol. The van der Waals surface area contributed by atoms with Crippen LogP contribution in [-0.4, -0.2) is 18.4 Å². The van der Waals surface area contributed by atoms with Crippen LogP contribution in [0.25, 0.3) is 0 Å². The maximum atomic E-state index is 3.57. The van der Waals surface area contributed by atoms with Gasteiger partial charge in [-0.15, -0.1) is 0 Å². The largest absolute Gasteiger partial charge is 0.298 e. The van der Waals surface area contributed by atoms with Crippen LogP contribution in [0.2, 0.25) is 0 Å². The summed E-state index contributed by atoms with van der Waals surface area (Å²) in [4.78, 5) is 0. The van der Waals surface area contributed by atoms with E-state index in [1.807, 2.05) is 0 Å². The third kappa shape index (κ3) is 1.46. The summed E-state index contributed by atoms with van der Waals surface area (Å²) in [7, 11) is 2.41. The molecule has 0 radical (unpaired) electrons. The normalized spacial score (nSPS) is 43.9. The van der Waals surface area contributed by atoms with Crippen molar-refractivity contribution in [1.82, 2.24) is 5.09 Å². The number of rotatable bonds is 1. The van der Waals surface area contributed by atoms with Gasteiger partial charge in [0, 0.05) is 0 Å². The van der Waals surface area contributed by atoms with E-state index in [1.165, 1.54) is 38.5 Å². The molecule has 11 heavy (non-hydrogen) atoms. The Bertz CT molecular complexity index is 116. The SMILES string of the molecule is CNP1C2CCCC1CCC2. The molecule has 64 valence electrons. The highest BCUT2D eigenvalue weighted by atomic mass is 31.1. The molecule has 2 aliphatic heterocycles. The highest BCUT2D eigenvalue weighted by molar-refractivity contribution is 7.57. The average Bonchev–Trinajstić information content (AvgIpc) is 2.03. The zero-order chi connectivity index (χ0) is 7.68. The number of fused-ring (bicyclic) bond motifs is 2. The molecule has 0 aromatic rings. The van der Waals surface area contributed by atoms with Gasteiger partial charge in [-0.2, -0.15) is 0 Å². The molecule has 2 aliphatic rings. The Morgan fingerprint density at radius 2 is 1.45 bits per heavy atom. The summed E-state index contributed by atoms with van der Waals surface area (Å²) < 4.78 is 0. The second-order valence-corrected chi connectivity index (χ2v) is 6.52. The van der Waals surface area contributed by atoms with E-state index in [0.717, 1.165) is 11.3 Å². The van der Waals surface area contributed by atoms with Crippen molar-refractivity contribution >= 4 is 8.07 Å². The summed E-state index contributed by atoms with van der Waals surface area (Å²) in [6.07, 6.45) is 9.09. The van der Waals surface area contributed by atoms with Crippen LogP contribution in [0.1, 0.15) is 38.5 Å². The molecule has 0 aromatic heterocycles. The number of hydrogen-bond donors (Lipinski definition) is 1. The van der Waals surface area contributed by atoms with Gasteiger partial charge in [-0.25, -0.2) is 0 Å². The van der Waals surface area contributed by atoms with E-state index >= 15 is 0 Å². The lowest BCUT2D eigenvalue weighted by Gasteiger charge is -2.42. The highest BCUT2D eigenvalue weighted by Crippen LogP contribution is 2.56. The summed E-state index contributed by atoms with van der Waals surface area (Å²) in [6.45, 7) is 0. The molecule has 2 fully saturated rings. The van der Waals surface area contributed by atoms with E-state index in [-0.39, 0.29) is 8.07 Å². The molecule has 1 nitrogen and oxygen atoms in total. The lowest BCUT2D eigenvalue weighted by atomic mass is 9.99. The molecule has 0 spiro atoms. The van der Waals surface area contributed by atoms with E-state index in [1.54, 1.807) is 0 Å². The average molecular weight is 171 g/mol. The van der Waals surface area contributed by atoms with E-state index < -0.39 is 0 Å². The van der Waals surface area contributed by atoms with Crippen LogP contribution in [0.15, 0.2) is 0 Å². The number of nitrogens with one attached hydrogen (secondary N) is 1. The fourth-order valence-electron chi connectivity index (χ4n) is 2.69. The van der Waals surface area contributed by atoms with Crippen LogP contribution in [0.3, 0.4) is 0 Å². The van der Waals surface area contributed by atoms with Crippen LogP contribution in [0.5, 0.6) is 0 Å². The van der Waals surface area contributed by atoms with Crippen molar-refractivity contribution in [3.63, 3.8) is 0 Å². The first kappa shape index (κ1) is 8.01. The van der Waals surface area contributed by atoms with Crippen LogP contribution in [0, 0.1) is 0 Å². The maximum Gasteiger partial charge on any atom is -0.00759 e. The van der Waals surface area contributed by atoms with E-state index in [9.17, 15) is 0 Å². The van der Waals surface area contributed by atoms with E-state index in [0.29, 0.717) is 0 Å². The van der Waals surface area contributed by atoms with Gasteiger partial charge in [0.15, 0.2) is 0 Å². The summed E-state index contributed by atoms with van der Waals surface area (Å²) in [5.74, 6) is 0. The number of hydrogen-bond acceptors (Lipinski definition) is 1. The van der Waals surface area contributed by atoms with Crippen LogP contribution >= 0.6 is 8.07 Å². The Morgan fingerprint density at radius 1 is 1.00 bits per heavy atom. The van der Waals surface area contributed by atoms with Crippen molar-refractivity contribution in [2.45, 2.75) is 49.8 Å². The van der Waals surface area contributed by atoms with Gasteiger partial charge in [0.05, 0.1) is 0 Å². The molecule has 0 aromatic carbocycles. The van der Waals surface area contributed by atoms with E-state index in [4.69, 9.17) is 0 Å². The van der Waals surface area contributed by atoms with Gasteiger partial charge in [-0.3, -0.25) is 5.09 Å². The molecule has 2 bridgehead atoms. The Kier molecular flexibility index (Phi) is 2.48. The lowest BCUT2D eigenvalue weighted by Crippen LogP contribution is -2.31. The molecule has 1 N–H and O–H groups in total. The van der Waals surface area contributed by atoms with E-state index in [2.05, 4.69) is 12.1 Å². The Morgan fingerprint density at radius 3 is 1.73 bits per heavy atom. The molecule has 0 unspecified atom stereocenters. The lowest BCUT2D eigenvalue weighted by molar-refractivity contribution is 0.472. The molecule has 0 saturated carbocycles. The summed E-state index contributed by atoms with van der Waals surface area (Å²) in [5.41, 5.74) is 2.17. The van der Waals surface area contributed by atoms with Crippen molar-refractivity contribution in [2.24, 2.45) is 0 Å². The molecule has 0 aliphatic carbocycles. The quantitative estimate of drug-likeness (QED) is 0.598. The Balaban J connectivity index is 2.04. The highest BCUT2D eigenvalue weighted by Gasteiger charge is 2.34. The molecule has 2 heteroatoms. The predicted octanol–water partition coefficient (Wildman–Crippen LogP) is 2.71. The molecule has 0 amide bonds. The predicted molar refractivity (Wildman–Crippen MR) is 51.3 cm³/mol. The first-order valence-electron chi connectivity index (χ1n) is 4.87. The Labute approximate surface area is 70.8 Å². The van der Waals surface area contributed by atoms with Gasteiger partial charge >= 0.3 is 0 Å². The molecule has 0 atom stereocenters. The van der Waals surface area contributed by atoms with Crippen LogP contribution in [-0.2, 0) is 0 Å². The van der Waals surface area contributed by atoms with Crippen molar-refractivity contribution in [3.05, 3.63) is 0 Å². The molecular formula is C9H18NP. The molecular weight excluding hydrogens is 153 g/mol. The van der Waals surface area contributed by atoms with Crippen LogP contribution < -0.4 is 5.09 Å². The van der Waals surface area contributed by atoms with Gasteiger partial charge in [-0.05, 0) is 52.1 Å². The van der Waals surface area contributed by atoms with Crippen molar-refractivity contribution in [1.29, 1.82) is 0 Å². The standard InChI is InChI=1S/C9H18NP/c1-10-11-8-4-2-5-9(11)7-3-6-8/h8-10H,2-7H2,1H3. The minimum atomic E-state index is 0.243. The fourth-order valence-corrected chi connectivity index (χ4v) is 5.86. The third-order valence-corrected chi connectivity index (χ3v) is 6.32. The Hall–Kier alpha value is 0.390. The molecule has 2 saturated heterocycles. The minimum Gasteiger partial charge on any atom is -0.298 e. The molecule has 2 rings (SSSR count). The van der Waals surface area contributed by atoms with Gasteiger partial charge in [-0.1, -0.05) is 12.8 Å². The first-order chi connectivity index (χ1) is 5.42. The fraction of sp³-hybridized carbons (Fsp3) is 1.00. The third-order valence-electron chi connectivity index (χ3n) is 3.19. The van der Waals surface area contributed by atoms with Gasteiger partial charge in [0.2, 0.25) is 0 Å². The maximum absolute atomic E-state index is 3.57. The minimum absolute atomic E-state index is 0.243. The van der Waals surface area contributed by atoms with Crippen molar-refractivity contribution in [3.8, 4) is 0 Å². The summed E-state index contributed by atoms with van der Waals surface area (Å²) in [6, 6.07) is 0. The van der Waals surface area contributed by atoms with Crippen LogP contribution in [0.4, 0.5) is 0 Å². The van der Waals surface area contributed by atoms with Gasteiger partial charge < -0.3 is 0 Å².